The maximum atomic E-state index is 3.61. The van der Waals surface area contributed by atoms with Gasteiger partial charge < -0.3 is 5.32 Å². The lowest BCUT2D eigenvalue weighted by Gasteiger charge is -2.32. The predicted molar refractivity (Wildman–Crippen MR) is 46.4 cm³/mol. The molecule has 2 nitrogen and oxygen atoms in total. The standard InChI is InChI=1S/C9H18N2/c1-2-11-7-5-8-4-3-6-10-9(8)11/h8-10H,2-7H2,1H3/t8-,9+/m1/s1. The molecule has 0 aromatic heterocycles. The number of nitrogens with zero attached hydrogens (tertiary/aromatic N) is 1. The zero-order valence-corrected chi connectivity index (χ0v) is 7.34. The molecule has 0 bridgehead atoms. The fraction of sp³-hybridized carbons (Fsp3) is 1.00. The molecule has 0 radical (unpaired) electrons. The molecule has 64 valence electrons. The van der Waals surface area contributed by atoms with Crippen LogP contribution in [0.1, 0.15) is 26.2 Å². The highest BCUT2D eigenvalue weighted by Gasteiger charge is 2.34. The number of likely N-dealkylation sites (tertiary alicyclic amines) is 1. The summed E-state index contributed by atoms with van der Waals surface area (Å²) in [7, 11) is 0. The maximum Gasteiger partial charge on any atom is 0.0626 e. The molecule has 11 heavy (non-hydrogen) atoms. The molecule has 2 heterocycles. The number of piperidine rings is 1. The van der Waals surface area contributed by atoms with Crippen LogP contribution in [0.3, 0.4) is 0 Å². The van der Waals surface area contributed by atoms with Crippen molar-refractivity contribution in [3.05, 3.63) is 0 Å². The second-order valence-electron chi connectivity index (χ2n) is 3.72. The van der Waals surface area contributed by atoms with Gasteiger partial charge in [0.15, 0.2) is 0 Å². The van der Waals surface area contributed by atoms with Crippen molar-refractivity contribution in [3.63, 3.8) is 0 Å². The van der Waals surface area contributed by atoms with Crippen LogP contribution in [0.2, 0.25) is 0 Å². The number of hydrogen-bond acceptors (Lipinski definition) is 2. The molecule has 0 unspecified atom stereocenters. The predicted octanol–water partition coefficient (Wildman–Crippen LogP) is 1.04. The Morgan fingerprint density at radius 2 is 2.36 bits per heavy atom. The van der Waals surface area contributed by atoms with Crippen molar-refractivity contribution in [3.8, 4) is 0 Å². The van der Waals surface area contributed by atoms with Crippen molar-refractivity contribution in [2.45, 2.75) is 32.4 Å². The van der Waals surface area contributed by atoms with E-state index in [4.69, 9.17) is 0 Å². The van der Waals surface area contributed by atoms with E-state index in [-0.39, 0.29) is 0 Å². The summed E-state index contributed by atoms with van der Waals surface area (Å²) in [5.74, 6) is 0.962. The Morgan fingerprint density at radius 3 is 3.18 bits per heavy atom. The zero-order chi connectivity index (χ0) is 7.68. The van der Waals surface area contributed by atoms with E-state index in [1.165, 1.54) is 38.9 Å². The van der Waals surface area contributed by atoms with Gasteiger partial charge >= 0.3 is 0 Å². The molecule has 2 saturated heterocycles. The second kappa shape index (κ2) is 3.11. The van der Waals surface area contributed by atoms with Crippen LogP contribution in [0.5, 0.6) is 0 Å². The zero-order valence-electron chi connectivity index (χ0n) is 7.34. The molecule has 0 amide bonds. The van der Waals surface area contributed by atoms with Crippen molar-refractivity contribution in [1.82, 2.24) is 10.2 Å². The Hall–Kier alpha value is -0.0800. The van der Waals surface area contributed by atoms with Gasteiger partial charge in [0.25, 0.3) is 0 Å². The Labute approximate surface area is 69.0 Å². The molecule has 0 aromatic rings. The van der Waals surface area contributed by atoms with Gasteiger partial charge in [-0.05, 0) is 44.8 Å². The number of hydrogen-bond donors (Lipinski definition) is 1. The second-order valence-corrected chi connectivity index (χ2v) is 3.72. The first-order valence-corrected chi connectivity index (χ1v) is 4.89. The van der Waals surface area contributed by atoms with Crippen molar-refractivity contribution < 1.29 is 0 Å². The molecule has 2 aliphatic heterocycles. The molecule has 0 spiro atoms. The van der Waals surface area contributed by atoms with Crippen LogP contribution in [0.4, 0.5) is 0 Å². The Bertz CT molecular complexity index is 130. The van der Waals surface area contributed by atoms with E-state index in [9.17, 15) is 0 Å². The summed E-state index contributed by atoms with van der Waals surface area (Å²) in [4.78, 5) is 2.57. The topological polar surface area (TPSA) is 15.3 Å². The van der Waals surface area contributed by atoms with Crippen LogP contribution in [0.25, 0.3) is 0 Å². The summed E-state index contributed by atoms with van der Waals surface area (Å²) in [6.45, 7) is 6.03. The highest BCUT2D eigenvalue weighted by Crippen LogP contribution is 2.28. The highest BCUT2D eigenvalue weighted by atomic mass is 15.3. The van der Waals surface area contributed by atoms with Gasteiger partial charge in [0.2, 0.25) is 0 Å². The first kappa shape index (κ1) is 7.56. The first-order chi connectivity index (χ1) is 5.42. The lowest BCUT2D eigenvalue weighted by Crippen LogP contribution is -2.47. The summed E-state index contributed by atoms with van der Waals surface area (Å²) < 4.78 is 0. The smallest absolute Gasteiger partial charge is 0.0626 e. The fourth-order valence-electron chi connectivity index (χ4n) is 2.49. The van der Waals surface area contributed by atoms with Gasteiger partial charge in [-0.25, -0.2) is 0 Å². The van der Waals surface area contributed by atoms with E-state index >= 15 is 0 Å². The Balaban J connectivity index is 1.98. The number of nitrogens with one attached hydrogen (secondary N) is 1. The molecule has 0 aliphatic carbocycles. The summed E-state index contributed by atoms with van der Waals surface area (Å²) in [6.07, 6.45) is 4.99. The lowest BCUT2D eigenvalue weighted by molar-refractivity contribution is 0.168. The third kappa shape index (κ3) is 1.30. The first-order valence-electron chi connectivity index (χ1n) is 4.89. The summed E-state index contributed by atoms with van der Waals surface area (Å²) >= 11 is 0. The minimum absolute atomic E-state index is 0.730. The number of rotatable bonds is 1. The van der Waals surface area contributed by atoms with Gasteiger partial charge in [-0.3, -0.25) is 4.90 Å². The average molecular weight is 154 g/mol. The lowest BCUT2D eigenvalue weighted by atomic mass is 9.96. The molecular formula is C9H18N2. The molecule has 0 aromatic carbocycles. The molecular weight excluding hydrogens is 136 g/mol. The summed E-state index contributed by atoms with van der Waals surface area (Å²) in [5, 5.41) is 3.61. The van der Waals surface area contributed by atoms with Crippen LogP contribution >= 0.6 is 0 Å². The van der Waals surface area contributed by atoms with Crippen LogP contribution < -0.4 is 5.32 Å². The van der Waals surface area contributed by atoms with Crippen molar-refractivity contribution in [2.75, 3.05) is 19.6 Å². The minimum atomic E-state index is 0.730. The Morgan fingerprint density at radius 1 is 1.45 bits per heavy atom. The van der Waals surface area contributed by atoms with Crippen LogP contribution in [0, 0.1) is 5.92 Å². The third-order valence-electron chi connectivity index (χ3n) is 3.14. The van der Waals surface area contributed by atoms with E-state index in [1.807, 2.05) is 0 Å². The van der Waals surface area contributed by atoms with Crippen molar-refractivity contribution in [2.24, 2.45) is 5.92 Å². The van der Waals surface area contributed by atoms with Crippen LogP contribution in [-0.2, 0) is 0 Å². The third-order valence-corrected chi connectivity index (χ3v) is 3.14. The monoisotopic (exact) mass is 154 g/mol. The van der Waals surface area contributed by atoms with Gasteiger partial charge in [-0.15, -0.1) is 0 Å². The normalized spacial score (nSPS) is 39.0. The van der Waals surface area contributed by atoms with Crippen molar-refractivity contribution in [1.29, 1.82) is 0 Å². The Kier molecular flexibility index (Phi) is 2.14. The van der Waals surface area contributed by atoms with E-state index < -0.39 is 0 Å². The summed E-state index contributed by atoms with van der Waals surface area (Å²) in [6, 6.07) is 0. The fourth-order valence-corrected chi connectivity index (χ4v) is 2.49. The van der Waals surface area contributed by atoms with Gasteiger partial charge in [-0.2, -0.15) is 0 Å². The minimum Gasteiger partial charge on any atom is -0.301 e. The molecule has 1 N–H and O–H groups in total. The summed E-state index contributed by atoms with van der Waals surface area (Å²) in [5.41, 5.74) is 0. The van der Waals surface area contributed by atoms with E-state index in [0.29, 0.717) is 0 Å². The van der Waals surface area contributed by atoms with Crippen LogP contribution in [-0.4, -0.2) is 30.7 Å². The van der Waals surface area contributed by atoms with Crippen LogP contribution in [0.15, 0.2) is 0 Å². The molecule has 2 fully saturated rings. The highest BCUT2D eigenvalue weighted by molar-refractivity contribution is 4.87. The largest absolute Gasteiger partial charge is 0.301 e. The van der Waals surface area contributed by atoms with E-state index in [0.717, 1.165) is 12.1 Å². The van der Waals surface area contributed by atoms with E-state index in [1.54, 1.807) is 0 Å². The quantitative estimate of drug-likeness (QED) is 0.607. The molecule has 2 heteroatoms. The average Bonchev–Trinajstić information content (AvgIpc) is 2.47. The van der Waals surface area contributed by atoms with Crippen molar-refractivity contribution >= 4 is 0 Å². The number of fused-ring (bicyclic) bond motifs is 1. The van der Waals surface area contributed by atoms with Gasteiger partial charge in [0.1, 0.15) is 0 Å². The maximum absolute atomic E-state index is 3.61. The van der Waals surface area contributed by atoms with E-state index in [2.05, 4.69) is 17.1 Å². The SMILES string of the molecule is CCN1CC[C@H]2CCCN[C@H]21. The molecule has 2 rings (SSSR count). The van der Waals surface area contributed by atoms with Gasteiger partial charge in [-0.1, -0.05) is 6.92 Å². The molecule has 2 aliphatic rings. The van der Waals surface area contributed by atoms with Gasteiger partial charge in [0.05, 0.1) is 6.17 Å². The molecule has 0 saturated carbocycles. The van der Waals surface area contributed by atoms with Gasteiger partial charge in [0, 0.05) is 0 Å². The molecule has 2 atom stereocenters.